The Kier molecular flexibility index (Phi) is 5.48. The number of hydrazone groups is 1. The fraction of sp³-hybridized carbons (Fsp3) is 0.105. The summed E-state index contributed by atoms with van der Waals surface area (Å²) in [7, 11) is 0. The van der Waals surface area contributed by atoms with Gasteiger partial charge >= 0.3 is 0 Å². The molecule has 0 aliphatic heterocycles. The van der Waals surface area contributed by atoms with Gasteiger partial charge in [0.15, 0.2) is 6.10 Å². The summed E-state index contributed by atoms with van der Waals surface area (Å²) in [6, 6.07) is 14.1. The Balaban J connectivity index is 1.66. The van der Waals surface area contributed by atoms with Gasteiger partial charge in [-0.25, -0.2) is 5.43 Å². The van der Waals surface area contributed by atoms with Crippen molar-refractivity contribution in [1.29, 1.82) is 0 Å². The van der Waals surface area contributed by atoms with Crippen molar-refractivity contribution in [3.05, 3.63) is 75.1 Å². The zero-order valence-electron chi connectivity index (χ0n) is 13.8. The monoisotopic (exact) mass is 414 g/mol. The van der Waals surface area contributed by atoms with Crippen LogP contribution < -0.4 is 15.6 Å². The van der Waals surface area contributed by atoms with Crippen LogP contribution in [0.2, 0.25) is 0 Å². The van der Waals surface area contributed by atoms with Gasteiger partial charge in [0.25, 0.3) is 5.91 Å². The van der Waals surface area contributed by atoms with E-state index in [4.69, 9.17) is 9.15 Å². The van der Waals surface area contributed by atoms with Crippen LogP contribution in [0.3, 0.4) is 0 Å². The Hall–Kier alpha value is -2.93. The molecule has 0 radical (unpaired) electrons. The molecular weight excluding hydrogens is 400 g/mol. The van der Waals surface area contributed by atoms with Crippen molar-refractivity contribution in [2.45, 2.75) is 13.0 Å². The fourth-order valence-electron chi connectivity index (χ4n) is 2.22. The van der Waals surface area contributed by atoms with Gasteiger partial charge in [0.05, 0.1) is 21.6 Å². The molecule has 0 saturated heterocycles. The molecule has 6 nitrogen and oxygen atoms in total. The first-order valence-electron chi connectivity index (χ1n) is 7.81. The number of fused-ring (bicyclic) bond motifs is 1. The highest BCUT2D eigenvalue weighted by Crippen LogP contribution is 2.24. The minimum absolute atomic E-state index is 0.220. The van der Waals surface area contributed by atoms with Crippen molar-refractivity contribution < 1.29 is 13.9 Å². The van der Waals surface area contributed by atoms with Gasteiger partial charge in [0.2, 0.25) is 5.43 Å². The molecule has 1 atom stereocenters. The van der Waals surface area contributed by atoms with Gasteiger partial charge < -0.3 is 9.15 Å². The minimum atomic E-state index is -0.765. The van der Waals surface area contributed by atoms with E-state index >= 15 is 0 Å². The average molecular weight is 415 g/mol. The number of carbonyl (C=O) groups is 1. The molecule has 26 heavy (non-hydrogen) atoms. The predicted molar refractivity (Wildman–Crippen MR) is 102 cm³/mol. The van der Waals surface area contributed by atoms with Crippen LogP contribution in [0, 0.1) is 0 Å². The Labute approximate surface area is 157 Å². The lowest BCUT2D eigenvalue weighted by Gasteiger charge is -2.13. The van der Waals surface area contributed by atoms with Crippen molar-refractivity contribution in [3.63, 3.8) is 0 Å². The maximum Gasteiger partial charge on any atom is 0.280 e. The summed E-state index contributed by atoms with van der Waals surface area (Å²) in [5, 5.41) is 4.27. The lowest BCUT2D eigenvalue weighted by Crippen LogP contribution is -2.33. The molecule has 1 N–H and O–H groups in total. The van der Waals surface area contributed by atoms with Crippen LogP contribution in [0.5, 0.6) is 5.75 Å². The number of hydrogen-bond donors (Lipinski definition) is 1. The number of nitrogens with one attached hydrogen (secondary N) is 1. The summed E-state index contributed by atoms with van der Waals surface area (Å²) in [5.74, 6) is 0.108. The quantitative estimate of drug-likeness (QED) is 0.511. The third kappa shape index (κ3) is 4.00. The van der Waals surface area contributed by atoms with Crippen LogP contribution in [0.4, 0.5) is 0 Å². The van der Waals surface area contributed by atoms with Gasteiger partial charge in [-0.1, -0.05) is 24.3 Å². The van der Waals surface area contributed by atoms with Crippen molar-refractivity contribution in [3.8, 4) is 5.75 Å². The van der Waals surface area contributed by atoms with E-state index in [0.29, 0.717) is 16.7 Å². The van der Waals surface area contributed by atoms with Gasteiger partial charge in [-0.15, -0.1) is 0 Å². The fourth-order valence-corrected chi connectivity index (χ4v) is 2.60. The zero-order valence-corrected chi connectivity index (χ0v) is 15.4. The number of carbonyl (C=O) groups excluding carboxylic acids is 1. The molecule has 3 aromatic rings. The molecule has 0 fully saturated rings. The molecule has 1 aromatic heterocycles. The molecule has 3 rings (SSSR count). The molecular formula is C19H15BrN2O4. The van der Waals surface area contributed by atoms with Gasteiger partial charge in [-0.3, -0.25) is 9.59 Å². The average Bonchev–Trinajstić information content (AvgIpc) is 2.65. The van der Waals surface area contributed by atoms with E-state index in [-0.39, 0.29) is 11.0 Å². The molecule has 0 aliphatic carbocycles. The summed E-state index contributed by atoms with van der Waals surface area (Å²) in [4.78, 5) is 24.4. The second kappa shape index (κ2) is 7.97. The number of ether oxygens (including phenoxy) is 1. The molecule has 2 aromatic carbocycles. The van der Waals surface area contributed by atoms with Gasteiger partial charge in [-0.2, -0.15) is 5.10 Å². The van der Waals surface area contributed by atoms with Crippen LogP contribution in [-0.4, -0.2) is 18.2 Å². The number of amides is 1. The van der Waals surface area contributed by atoms with Crippen molar-refractivity contribution >= 4 is 39.0 Å². The number of para-hydroxylation sites is 2. The highest BCUT2D eigenvalue weighted by Gasteiger charge is 2.15. The first kappa shape index (κ1) is 17.9. The van der Waals surface area contributed by atoms with Gasteiger partial charge in [0.1, 0.15) is 17.6 Å². The number of benzene rings is 2. The second-order valence-electron chi connectivity index (χ2n) is 5.44. The number of hydrogen-bond acceptors (Lipinski definition) is 5. The van der Waals surface area contributed by atoms with E-state index in [1.807, 2.05) is 18.2 Å². The minimum Gasteiger partial charge on any atom is -0.480 e. The largest absolute Gasteiger partial charge is 0.480 e. The topological polar surface area (TPSA) is 80.9 Å². The zero-order chi connectivity index (χ0) is 18.5. The summed E-state index contributed by atoms with van der Waals surface area (Å²) in [6.45, 7) is 1.61. The standard InChI is InChI=1S/C19H15BrN2O4/c1-12(26-17-9-5-3-7-15(17)20)19(24)22-21-10-13-11-25-16-8-4-2-6-14(16)18(13)23/h2-12H,1H3,(H,22,24). The van der Waals surface area contributed by atoms with Crippen LogP contribution in [0.1, 0.15) is 12.5 Å². The number of halogens is 1. The smallest absolute Gasteiger partial charge is 0.280 e. The molecule has 132 valence electrons. The van der Waals surface area contributed by atoms with Gasteiger partial charge in [-0.05, 0) is 47.1 Å². The SMILES string of the molecule is CC(Oc1ccccc1Br)C(=O)NN=Cc1coc2ccccc2c1=O. The van der Waals surface area contributed by atoms with E-state index in [2.05, 4.69) is 26.5 Å². The van der Waals surface area contributed by atoms with Crippen LogP contribution >= 0.6 is 15.9 Å². The maximum atomic E-state index is 12.3. The van der Waals surface area contributed by atoms with Crippen LogP contribution in [0.15, 0.2) is 73.6 Å². The summed E-state index contributed by atoms with van der Waals surface area (Å²) in [5.41, 5.74) is 2.87. The normalized spacial score (nSPS) is 12.2. The summed E-state index contributed by atoms with van der Waals surface area (Å²) >= 11 is 3.35. The molecule has 1 heterocycles. The lowest BCUT2D eigenvalue weighted by atomic mass is 10.2. The highest BCUT2D eigenvalue weighted by atomic mass is 79.9. The Morgan fingerprint density at radius 1 is 1.23 bits per heavy atom. The van der Waals surface area contributed by atoms with Crippen molar-refractivity contribution in [1.82, 2.24) is 5.43 Å². The molecule has 0 aliphatic rings. The molecule has 1 unspecified atom stereocenters. The van der Waals surface area contributed by atoms with Crippen LogP contribution in [-0.2, 0) is 4.79 Å². The van der Waals surface area contributed by atoms with Crippen LogP contribution in [0.25, 0.3) is 11.0 Å². The van der Waals surface area contributed by atoms with E-state index in [9.17, 15) is 9.59 Å². The van der Waals surface area contributed by atoms with E-state index in [1.165, 1.54) is 12.5 Å². The first-order chi connectivity index (χ1) is 12.6. The van der Waals surface area contributed by atoms with E-state index < -0.39 is 12.0 Å². The predicted octanol–water partition coefficient (Wildman–Crippen LogP) is 3.47. The number of nitrogens with zero attached hydrogens (tertiary/aromatic N) is 1. The Morgan fingerprint density at radius 3 is 2.77 bits per heavy atom. The second-order valence-corrected chi connectivity index (χ2v) is 6.30. The third-order valence-electron chi connectivity index (χ3n) is 3.59. The lowest BCUT2D eigenvalue weighted by molar-refractivity contribution is -0.127. The Bertz CT molecular complexity index is 1030. The Morgan fingerprint density at radius 2 is 1.96 bits per heavy atom. The highest BCUT2D eigenvalue weighted by molar-refractivity contribution is 9.10. The molecule has 0 bridgehead atoms. The number of rotatable bonds is 5. The van der Waals surface area contributed by atoms with E-state index in [0.717, 1.165) is 4.47 Å². The first-order valence-corrected chi connectivity index (χ1v) is 8.60. The molecule has 0 spiro atoms. The van der Waals surface area contributed by atoms with Crippen molar-refractivity contribution in [2.75, 3.05) is 0 Å². The molecule has 7 heteroatoms. The van der Waals surface area contributed by atoms with E-state index in [1.54, 1.807) is 37.3 Å². The molecule has 0 saturated carbocycles. The molecule has 1 amide bonds. The van der Waals surface area contributed by atoms with Crippen molar-refractivity contribution in [2.24, 2.45) is 5.10 Å². The van der Waals surface area contributed by atoms with Gasteiger partial charge in [0, 0.05) is 0 Å². The maximum absolute atomic E-state index is 12.3. The third-order valence-corrected chi connectivity index (χ3v) is 4.25. The summed E-state index contributed by atoms with van der Waals surface area (Å²) < 4.78 is 11.7. The summed E-state index contributed by atoms with van der Waals surface area (Å²) in [6.07, 6.45) is 1.79.